The molecule has 0 bridgehead atoms. The summed E-state index contributed by atoms with van der Waals surface area (Å²) < 4.78 is 2.22. The lowest BCUT2D eigenvalue weighted by Gasteiger charge is -2.11. The largest absolute Gasteiger partial charge is 0.296 e. The second kappa shape index (κ2) is 4.50. The Bertz CT molecular complexity index is 708. The average molecular weight is 251 g/mol. The zero-order chi connectivity index (χ0) is 13.4. The van der Waals surface area contributed by atoms with Gasteiger partial charge in [0, 0.05) is 17.8 Å². The van der Waals surface area contributed by atoms with E-state index < -0.39 is 0 Å². The lowest BCUT2D eigenvalue weighted by Crippen LogP contribution is -2.02. The lowest BCUT2D eigenvalue weighted by molar-refractivity contribution is 0.760. The monoisotopic (exact) mass is 251 g/mol. The second-order valence-electron chi connectivity index (χ2n) is 5.16. The standard InChI is InChI=1S/C16H17N3/c1-11(2)16-18-14-10-17-9-8-15(14)19(16)13-6-4-12(3)5-7-13/h4-11H,1-3H3. The summed E-state index contributed by atoms with van der Waals surface area (Å²) in [6.07, 6.45) is 3.64. The van der Waals surface area contributed by atoms with E-state index in [4.69, 9.17) is 4.98 Å². The van der Waals surface area contributed by atoms with Crippen molar-refractivity contribution in [3.05, 3.63) is 54.1 Å². The molecule has 0 aliphatic heterocycles. The third-order valence-corrected chi connectivity index (χ3v) is 3.29. The Balaban J connectivity index is 2.31. The van der Waals surface area contributed by atoms with Gasteiger partial charge in [0.15, 0.2) is 0 Å². The van der Waals surface area contributed by atoms with Crippen molar-refractivity contribution in [3.8, 4) is 5.69 Å². The number of hydrogen-bond acceptors (Lipinski definition) is 2. The highest BCUT2D eigenvalue weighted by atomic mass is 15.1. The molecule has 0 atom stereocenters. The summed E-state index contributed by atoms with van der Waals surface area (Å²) in [5.41, 5.74) is 4.48. The SMILES string of the molecule is Cc1ccc(-n2c(C(C)C)nc3cnccc32)cc1. The quantitative estimate of drug-likeness (QED) is 0.692. The van der Waals surface area contributed by atoms with Crippen LogP contribution in [0.3, 0.4) is 0 Å². The number of rotatable bonds is 2. The van der Waals surface area contributed by atoms with Gasteiger partial charge in [-0.1, -0.05) is 31.5 Å². The molecule has 3 nitrogen and oxygen atoms in total. The Kier molecular flexibility index (Phi) is 2.82. The van der Waals surface area contributed by atoms with E-state index in [9.17, 15) is 0 Å². The molecular weight excluding hydrogens is 234 g/mol. The number of imidazole rings is 1. The number of nitrogens with zero attached hydrogens (tertiary/aromatic N) is 3. The summed E-state index contributed by atoms with van der Waals surface area (Å²) in [7, 11) is 0. The maximum atomic E-state index is 4.71. The fourth-order valence-electron chi connectivity index (χ4n) is 2.30. The smallest absolute Gasteiger partial charge is 0.117 e. The normalized spacial score (nSPS) is 11.4. The van der Waals surface area contributed by atoms with Crippen molar-refractivity contribution < 1.29 is 0 Å². The number of benzene rings is 1. The van der Waals surface area contributed by atoms with E-state index >= 15 is 0 Å². The average Bonchev–Trinajstić information content (AvgIpc) is 2.79. The topological polar surface area (TPSA) is 30.7 Å². The Labute approximate surface area is 112 Å². The minimum atomic E-state index is 0.369. The van der Waals surface area contributed by atoms with Crippen molar-refractivity contribution in [1.82, 2.24) is 14.5 Å². The number of aromatic nitrogens is 3. The molecule has 0 amide bonds. The number of hydrogen-bond donors (Lipinski definition) is 0. The lowest BCUT2D eigenvalue weighted by atomic mass is 10.2. The summed E-state index contributed by atoms with van der Waals surface area (Å²) in [6, 6.07) is 10.6. The molecule has 1 aromatic carbocycles. The molecule has 0 aliphatic rings. The highest BCUT2D eigenvalue weighted by Gasteiger charge is 2.14. The fourth-order valence-corrected chi connectivity index (χ4v) is 2.30. The number of fused-ring (bicyclic) bond motifs is 1. The molecule has 0 aliphatic carbocycles. The summed E-state index contributed by atoms with van der Waals surface area (Å²) in [5.74, 6) is 1.44. The number of aryl methyl sites for hydroxylation is 1. The van der Waals surface area contributed by atoms with Gasteiger partial charge in [-0.2, -0.15) is 0 Å². The zero-order valence-corrected chi connectivity index (χ0v) is 11.5. The maximum Gasteiger partial charge on any atom is 0.117 e. The highest BCUT2D eigenvalue weighted by molar-refractivity contribution is 5.77. The van der Waals surface area contributed by atoms with E-state index in [1.807, 2.05) is 18.5 Å². The maximum absolute atomic E-state index is 4.71. The first kappa shape index (κ1) is 11.9. The minimum Gasteiger partial charge on any atom is -0.296 e. The van der Waals surface area contributed by atoms with Gasteiger partial charge in [-0.3, -0.25) is 9.55 Å². The van der Waals surface area contributed by atoms with Crippen LogP contribution in [-0.2, 0) is 0 Å². The van der Waals surface area contributed by atoms with Crippen LogP contribution >= 0.6 is 0 Å². The fraction of sp³-hybridized carbons (Fsp3) is 0.250. The molecule has 0 saturated heterocycles. The molecular formula is C16H17N3. The first-order valence-electron chi connectivity index (χ1n) is 6.56. The van der Waals surface area contributed by atoms with E-state index in [1.165, 1.54) is 5.56 Å². The van der Waals surface area contributed by atoms with Crippen LogP contribution < -0.4 is 0 Å². The van der Waals surface area contributed by atoms with Crippen molar-refractivity contribution in [2.45, 2.75) is 26.7 Å². The molecule has 19 heavy (non-hydrogen) atoms. The molecule has 0 saturated carbocycles. The summed E-state index contributed by atoms with van der Waals surface area (Å²) >= 11 is 0. The van der Waals surface area contributed by atoms with Gasteiger partial charge in [0.2, 0.25) is 0 Å². The summed E-state index contributed by atoms with van der Waals surface area (Å²) in [5, 5.41) is 0. The van der Waals surface area contributed by atoms with Gasteiger partial charge in [-0.25, -0.2) is 4.98 Å². The van der Waals surface area contributed by atoms with Gasteiger partial charge in [0.25, 0.3) is 0 Å². The van der Waals surface area contributed by atoms with Crippen LogP contribution in [0.5, 0.6) is 0 Å². The van der Waals surface area contributed by atoms with Crippen LogP contribution in [0, 0.1) is 6.92 Å². The molecule has 96 valence electrons. The molecule has 0 spiro atoms. The predicted molar refractivity (Wildman–Crippen MR) is 77.7 cm³/mol. The molecule has 0 radical (unpaired) electrons. The van der Waals surface area contributed by atoms with Crippen LogP contribution in [-0.4, -0.2) is 14.5 Å². The van der Waals surface area contributed by atoms with Gasteiger partial charge in [0.05, 0.1) is 11.7 Å². The predicted octanol–water partition coefficient (Wildman–Crippen LogP) is 3.85. The van der Waals surface area contributed by atoms with Gasteiger partial charge in [-0.05, 0) is 25.1 Å². The molecule has 0 N–H and O–H groups in total. The van der Waals surface area contributed by atoms with Crippen LogP contribution in [0.2, 0.25) is 0 Å². The van der Waals surface area contributed by atoms with Crippen LogP contribution in [0.25, 0.3) is 16.7 Å². The summed E-state index contributed by atoms with van der Waals surface area (Å²) in [4.78, 5) is 8.87. The molecule has 0 fully saturated rings. The molecule has 3 rings (SSSR count). The molecule has 2 heterocycles. The third-order valence-electron chi connectivity index (χ3n) is 3.29. The van der Waals surface area contributed by atoms with Gasteiger partial charge < -0.3 is 0 Å². The Morgan fingerprint density at radius 1 is 1.05 bits per heavy atom. The second-order valence-corrected chi connectivity index (χ2v) is 5.16. The van der Waals surface area contributed by atoms with Gasteiger partial charge in [0.1, 0.15) is 11.3 Å². The zero-order valence-electron chi connectivity index (χ0n) is 11.5. The number of pyridine rings is 1. The van der Waals surface area contributed by atoms with Crippen molar-refractivity contribution in [1.29, 1.82) is 0 Å². The molecule has 0 unspecified atom stereocenters. The Morgan fingerprint density at radius 3 is 2.47 bits per heavy atom. The third kappa shape index (κ3) is 2.01. The van der Waals surface area contributed by atoms with E-state index in [0.717, 1.165) is 22.5 Å². The van der Waals surface area contributed by atoms with Crippen molar-refractivity contribution in [2.75, 3.05) is 0 Å². The van der Waals surface area contributed by atoms with Gasteiger partial charge >= 0.3 is 0 Å². The van der Waals surface area contributed by atoms with Crippen molar-refractivity contribution in [2.24, 2.45) is 0 Å². The van der Waals surface area contributed by atoms with Crippen LogP contribution in [0.4, 0.5) is 0 Å². The minimum absolute atomic E-state index is 0.369. The first-order valence-corrected chi connectivity index (χ1v) is 6.56. The van der Waals surface area contributed by atoms with Crippen molar-refractivity contribution >= 4 is 11.0 Å². The molecule has 3 aromatic rings. The van der Waals surface area contributed by atoms with Crippen molar-refractivity contribution in [3.63, 3.8) is 0 Å². The van der Waals surface area contributed by atoms with E-state index in [2.05, 4.69) is 54.6 Å². The van der Waals surface area contributed by atoms with Crippen LogP contribution in [0.15, 0.2) is 42.7 Å². The van der Waals surface area contributed by atoms with E-state index in [-0.39, 0.29) is 0 Å². The van der Waals surface area contributed by atoms with Crippen LogP contribution in [0.1, 0.15) is 31.2 Å². The van der Waals surface area contributed by atoms with E-state index in [0.29, 0.717) is 5.92 Å². The highest BCUT2D eigenvalue weighted by Crippen LogP contribution is 2.25. The van der Waals surface area contributed by atoms with E-state index in [1.54, 1.807) is 0 Å². The Morgan fingerprint density at radius 2 is 1.79 bits per heavy atom. The van der Waals surface area contributed by atoms with Gasteiger partial charge in [-0.15, -0.1) is 0 Å². The summed E-state index contributed by atoms with van der Waals surface area (Å²) in [6.45, 7) is 6.43. The Hall–Kier alpha value is -2.16. The molecule has 3 heteroatoms. The first-order chi connectivity index (χ1) is 9.16. The molecule has 2 aromatic heterocycles.